The van der Waals surface area contributed by atoms with Gasteiger partial charge in [0.1, 0.15) is 0 Å². The maximum atomic E-state index is 12.8. The van der Waals surface area contributed by atoms with Crippen LogP contribution in [0.4, 0.5) is 0 Å². The minimum absolute atomic E-state index is 0.178. The summed E-state index contributed by atoms with van der Waals surface area (Å²) in [5, 5.41) is 4.40. The van der Waals surface area contributed by atoms with Gasteiger partial charge >= 0.3 is 0 Å². The van der Waals surface area contributed by atoms with E-state index in [0.29, 0.717) is 33.4 Å². The Labute approximate surface area is 178 Å². The Morgan fingerprint density at radius 2 is 1.93 bits per heavy atom. The highest BCUT2D eigenvalue weighted by atomic mass is 32.1. The fourth-order valence-electron chi connectivity index (χ4n) is 3.03. The van der Waals surface area contributed by atoms with Gasteiger partial charge in [0.2, 0.25) is 4.96 Å². The van der Waals surface area contributed by atoms with Crippen molar-refractivity contribution in [2.24, 2.45) is 0 Å². The van der Waals surface area contributed by atoms with E-state index in [1.54, 1.807) is 7.11 Å². The molecule has 4 rings (SSSR count). The quantitative estimate of drug-likeness (QED) is 0.424. The Morgan fingerprint density at radius 3 is 2.63 bits per heavy atom. The third-order valence-corrected chi connectivity index (χ3v) is 5.69. The number of aromatic nitrogens is 3. The van der Waals surface area contributed by atoms with Gasteiger partial charge in [-0.15, -0.1) is 5.10 Å². The lowest BCUT2D eigenvalue weighted by atomic mass is 10.1. The lowest BCUT2D eigenvalue weighted by Crippen LogP contribution is -2.23. The summed E-state index contributed by atoms with van der Waals surface area (Å²) in [5.74, 6) is 1.91. The van der Waals surface area contributed by atoms with Gasteiger partial charge in [0.15, 0.2) is 17.3 Å². The second-order valence-electron chi connectivity index (χ2n) is 7.02. The number of unbranched alkanes of at least 4 members (excludes halogenated alkanes) is 1. The molecule has 0 aliphatic heterocycles. The van der Waals surface area contributed by atoms with Gasteiger partial charge in [-0.05, 0) is 37.1 Å². The van der Waals surface area contributed by atoms with E-state index < -0.39 is 0 Å². The maximum Gasteiger partial charge on any atom is 0.291 e. The molecule has 0 amide bonds. The van der Waals surface area contributed by atoms with Crippen LogP contribution in [0.1, 0.15) is 30.9 Å². The Morgan fingerprint density at radius 1 is 1.13 bits per heavy atom. The highest BCUT2D eigenvalue weighted by Crippen LogP contribution is 2.28. The molecule has 0 bridgehead atoms. The largest absolute Gasteiger partial charge is 0.493 e. The fraction of sp³-hybridized carbons (Fsp3) is 0.261. The summed E-state index contributed by atoms with van der Waals surface area (Å²) in [5.41, 5.74) is 2.74. The van der Waals surface area contributed by atoms with Crippen molar-refractivity contribution in [3.63, 3.8) is 0 Å². The number of aryl methyl sites for hydroxylation is 1. The monoisotopic (exact) mass is 421 g/mol. The average molecular weight is 422 g/mol. The van der Waals surface area contributed by atoms with Crippen molar-refractivity contribution in [3.8, 4) is 22.9 Å². The topological polar surface area (TPSA) is 65.7 Å². The molecule has 7 heteroatoms. The molecule has 0 saturated heterocycles. The molecule has 154 valence electrons. The van der Waals surface area contributed by atoms with Crippen molar-refractivity contribution in [1.82, 2.24) is 14.6 Å². The maximum absolute atomic E-state index is 12.8. The predicted octanol–water partition coefficient (Wildman–Crippen LogP) is 3.86. The third kappa shape index (κ3) is 4.07. The molecule has 6 nitrogen and oxygen atoms in total. The highest BCUT2D eigenvalue weighted by molar-refractivity contribution is 7.15. The molecule has 0 unspecified atom stereocenters. The minimum Gasteiger partial charge on any atom is -0.493 e. The summed E-state index contributed by atoms with van der Waals surface area (Å²) in [6, 6.07) is 13.6. The summed E-state index contributed by atoms with van der Waals surface area (Å²) < 4.78 is 13.2. The molecular weight excluding hydrogens is 398 g/mol. The van der Waals surface area contributed by atoms with E-state index in [4.69, 9.17) is 9.47 Å². The number of ether oxygens (including phenoxy) is 2. The third-order valence-electron chi connectivity index (χ3n) is 4.73. The summed E-state index contributed by atoms with van der Waals surface area (Å²) >= 11 is 1.32. The lowest BCUT2D eigenvalue weighted by molar-refractivity contribution is 0.288. The van der Waals surface area contributed by atoms with Crippen LogP contribution in [-0.4, -0.2) is 28.3 Å². The van der Waals surface area contributed by atoms with Gasteiger partial charge < -0.3 is 9.47 Å². The summed E-state index contributed by atoms with van der Waals surface area (Å²) in [7, 11) is 1.61. The van der Waals surface area contributed by atoms with Crippen LogP contribution in [0.25, 0.3) is 22.4 Å². The van der Waals surface area contributed by atoms with E-state index in [2.05, 4.69) is 17.0 Å². The zero-order chi connectivity index (χ0) is 21.1. The molecule has 0 spiro atoms. The van der Waals surface area contributed by atoms with Crippen molar-refractivity contribution in [2.75, 3.05) is 13.7 Å². The van der Waals surface area contributed by atoms with Gasteiger partial charge in [-0.2, -0.15) is 9.50 Å². The molecule has 4 aromatic rings. The number of hydrogen-bond acceptors (Lipinski definition) is 6. The fourth-order valence-corrected chi connectivity index (χ4v) is 3.94. The van der Waals surface area contributed by atoms with Gasteiger partial charge in [0, 0.05) is 5.56 Å². The Bertz CT molecular complexity index is 1280. The van der Waals surface area contributed by atoms with Crippen molar-refractivity contribution in [3.05, 3.63) is 68.5 Å². The molecule has 0 atom stereocenters. The van der Waals surface area contributed by atoms with Crippen LogP contribution in [0, 0.1) is 6.92 Å². The second-order valence-corrected chi connectivity index (χ2v) is 8.03. The number of methoxy groups -OCH3 is 1. The standard InChI is InChI=1S/C23H23N3O3S/c1-4-5-12-29-18-11-8-16(13-19(18)28-3)14-20-22(27)26-23(30-20)24-21(25-26)17-9-6-15(2)7-10-17/h6-11,13-14H,4-5,12H2,1-3H3/b20-14+. The summed E-state index contributed by atoms with van der Waals surface area (Å²) in [6.45, 7) is 4.80. The van der Waals surface area contributed by atoms with Gasteiger partial charge in [-0.25, -0.2) is 0 Å². The molecule has 2 aromatic carbocycles. The molecule has 0 fully saturated rings. The van der Waals surface area contributed by atoms with E-state index >= 15 is 0 Å². The van der Waals surface area contributed by atoms with Crippen LogP contribution in [0.5, 0.6) is 11.5 Å². The van der Waals surface area contributed by atoms with Crippen LogP contribution < -0.4 is 19.6 Å². The van der Waals surface area contributed by atoms with E-state index in [-0.39, 0.29) is 5.56 Å². The van der Waals surface area contributed by atoms with Crippen LogP contribution in [-0.2, 0) is 0 Å². The van der Waals surface area contributed by atoms with E-state index in [0.717, 1.165) is 24.0 Å². The molecule has 2 heterocycles. The first kappa shape index (κ1) is 20.1. The van der Waals surface area contributed by atoms with Gasteiger partial charge in [0.25, 0.3) is 5.56 Å². The van der Waals surface area contributed by atoms with Crippen molar-refractivity contribution >= 4 is 22.4 Å². The normalized spacial score (nSPS) is 11.9. The number of fused-ring (bicyclic) bond motifs is 1. The second kappa shape index (κ2) is 8.67. The minimum atomic E-state index is -0.178. The molecule has 0 aliphatic carbocycles. The number of benzene rings is 2. The Balaban J connectivity index is 1.66. The molecule has 2 aromatic heterocycles. The van der Waals surface area contributed by atoms with E-state index in [9.17, 15) is 4.79 Å². The van der Waals surface area contributed by atoms with Gasteiger partial charge in [-0.1, -0.05) is 60.6 Å². The summed E-state index contributed by atoms with van der Waals surface area (Å²) in [6.07, 6.45) is 3.89. The average Bonchev–Trinajstić information content (AvgIpc) is 3.29. The number of hydrogen-bond donors (Lipinski definition) is 0. The van der Waals surface area contributed by atoms with Gasteiger partial charge in [0.05, 0.1) is 18.2 Å². The Kier molecular flexibility index (Phi) is 5.81. The zero-order valence-electron chi connectivity index (χ0n) is 17.2. The SMILES string of the molecule is CCCCOc1ccc(/C=c2/sc3nc(-c4ccc(C)cc4)nn3c2=O)cc1OC. The van der Waals surface area contributed by atoms with Crippen molar-refractivity contribution < 1.29 is 9.47 Å². The first-order chi connectivity index (χ1) is 14.6. The van der Waals surface area contributed by atoms with Crippen molar-refractivity contribution in [2.45, 2.75) is 26.7 Å². The molecule has 0 radical (unpaired) electrons. The molecular formula is C23H23N3O3S. The van der Waals surface area contributed by atoms with Crippen LogP contribution >= 0.6 is 11.3 Å². The van der Waals surface area contributed by atoms with E-state index in [1.165, 1.54) is 21.4 Å². The molecule has 0 aliphatic rings. The predicted molar refractivity (Wildman–Crippen MR) is 119 cm³/mol. The van der Waals surface area contributed by atoms with Crippen LogP contribution in [0.15, 0.2) is 47.3 Å². The smallest absolute Gasteiger partial charge is 0.291 e. The number of thiazole rings is 1. The molecule has 0 N–H and O–H groups in total. The van der Waals surface area contributed by atoms with Gasteiger partial charge in [-0.3, -0.25) is 4.79 Å². The molecule has 30 heavy (non-hydrogen) atoms. The molecule has 0 saturated carbocycles. The first-order valence-electron chi connectivity index (χ1n) is 9.88. The Hall–Kier alpha value is -3.19. The first-order valence-corrected chi connectivity index (χ1v) is 10.7. The summed E-state index contributed by atoms with van der Waals surface area (Å²) in [4.78, 5) is 17.9. The van der Waals surface area contributed by atoms with Crippen molar-refractivity contribution in [1.29, 1.82) is 0 Å². The number of rotatable bonds is 7. The highest BCUT2D eigenvalue weighted by Gasteiger charge is 2.12. The van der Waals surface area contributed by atoms with E-state index in [1.807, 2.05) is 55.5 Å². The lowest BCUT2D eigenvalue weighted by Gasteiger charge is -2.10. The number of nitrogens with zero attached hydrogens (tertiary/aromatic N) is 3. The zero-order valence-corrected chi connectivity index (χ0v) is 18.0. The van der Waals surface area contributed by atoms with Crippen LogP contribution in [0.2, 0.25) is 0 Å². The van der Waals surface area contributed by atoms with Crippen LogP contribution in [0.3, 0.4) is 0 Å².